The summed E-state index contributed by atoms with van der Waals surface area (Å²) in [7, 11) is 0. The van der Waals surface area contributed by atoms with Crippen LogP contribution in [0.4, 0.5) is 0 Å². The lowest BCUT2D eigenvalue weighted by Crippen LogP contribution is -2.36. The van der Waals surface area contributed by atoms with Gasteiger partial charge in [0.05, 0.1) is 6.61 Å². The van der Waals surface area contributed by atoms with E-state index in [2.05, 4.69) is 6.92 Å². The van der Waals surface area contributed by atoms with Crippen LogP contribution >= 0.6 is 0 Å². The molecule has 0 aromatic heterocycles. The number of hydrogen-bond acceptors (Lipinski definition) is 3. The molecule has 1 unspecified atom stereocenters. The number of aromatic hydroxyl groups is 1. The Kier molecular flexibility index (Phi) is 4.77. The highest BCUT2D eigenvalue weighted by atomic mass is 16.3. The van der Waals surface area contributed by atoms with Gasteiger partial charge in [0.15, 0.2) is 0 Å². The maximum absolute atomic E-state index is 9.49. The topological polar surface area (TPSA) is 66.5 Å². The first-order valence-corrected chi connectivity index (χ1v) is 5.74. The molecule has 0 aliphatic heterocycles. The second-order valence-corrected chi connectivity index (χ2v) is 4.46. The smallest absolute Gasteiger partial charge is 0.115 e. The zero-order valence-electron chi connectivity index (χ0n) is 9.82. The van der Waals surface area contributed by atoms with E-state index < -0.39 is 0 Å². The molecule has 3 nitrogen and oxygen atoms in total. The Labute approximate surface area is 96.9 Å². The van der Waals surface area contributed by atoms with Gasteiger partial charge in [-0.3, -0.25) is 0 Å². The summed E-state index contributed by atoms with van der Waals surface area (Å²) in [5.41, 5.74) is 6.66. The molecule has 1 atom stereocenters. The molecule has 0 bridgehead atoms. The molecule has 0 spiro atoms. The summed E-state index contributed by atoms with van der Waals surface area (Å²) in [5.74, 6) is 0.265. The van der Waals surface area contributed by atoms with E-state index in [0.29, 0.717) is 6.54 Å². The third-order valence-electron chi connectivity index (χ3n) is 3.06. The molecule has 0 aliphatic rings. The van der Waals surface area contributed by atoms with Crippen molar-refractivity contribution in [3.05, 3.63) is 29.8 Å². The van der Waals surface area contributed by atoms with Gasteiger partial charge in [0.2, 0.25) is 0 Å². The van der Waals surface area contributed by atoms with Gasteiger partial charge in [-0.2, -0.15) is 0 Å². The van der Waals surface area contributed by atoms with E-state index in [1.807, 2.05) is 12.1 Å². The number of phenolic OH excluding ortho intramolecular Hbond substituents is 1. The lowest BCUT2D eigenvalue weighted by Gasteiger charge is -2.30. The van der Waals surface area contributed by atoms with Gasteiger partial charge in [0.1, 0.15) is 5.75 Å². The van der Waals surface area contributed by atoms with Gasteiger partial charge in [-0.15, -0.1) is 0 Å². The fourth-order valence-electron chi connectivity index (χ4n) is 2.04. The number of rotatable bonds is 6. The molecule has 0 radical (unpaired) electrons. The molecule has 0 fully saturated rings. The van der Waals surface area contributed by atoms with E-state index in [4.69, 9.17) is 5.73 Å². The highest BCUT2D eigenvalue weighted by molar-refractivity contribution is 5.26. The molecule has 0 saturated carbocycles. The van der Waals surface area contributed by atoms with Crippen molar-refractivity contribution in [3.63, 3.8) is 0 Å². The zero-order valence-corrected chi connectivity index (χ0v) is 9.82. The number of phenols is 1. The minimum Gasteiger partial charge on any atom is -0.508 e. The predicted molar refractivity (Wildman–Crippen MR) is 65.3 cm³/mol. The highest BCUT2D eigenvalue weighted by Crippen LogP contribution is 2.27. The van der Waals surface area contributed by atoms with Crippen LogP contribution in [0.3, 0.4) is 0 Å². The van der Waals surface area contributed by atoms with Crippen LogP contribution < -0.4 is 5.73 Å². The average Bonchev–Trinajstić information content (AvgIpc) is 2.31. The van der Waals surface area contributed by atoms with E-state index in [1.54, 1.807) is 12.1 Å². The molecule has 0 aliphatic carbocycles. The van der Waals surface area contributed by atoms with Crippen LogP contribution in [0.5, 0.6) is 5.75 Å². The van der Waals surface area contributed by atoms with Gasteiger partial charge in [-0.1, -0.05) is 25.5 Å². The first kappa shape index (κ1) is 13.0. The standard InChI is InChI=1S/C13H21NO2/c1-2-7-13(9-14,10-15)8-11-3-5-12(16)6-4-11/h3-6,15-16H,2,7-10,14H2,1H3. The molecule has 1 rings (SSSR count). The maximum Gasteiger partial charge on any atom is 0.115 e. The van der Waals surface area contributed by atoms with Crippen molar-refractivity contribution in [2.24, 2.45) is 11.1 Å². The number of aliphatic hydroxyl groups excluding tert-OH is 1. The Morgan fingerprint density at radius 1 is 1.25 bits per heavy atom. The van der Waals surface area contributed by atoms with Crippen LogP contribution in [0.1, 0.15) is 25.3 Å². The summed E-state index contributed by atoms with van der Waals surface area (Å²) >= 11 is 0. The molecule has 3 heteroatoms. The van der Waals surface area contributed by atoms with Crippen molar-refractivity contribution in [2.75, 3.05) is 13.2 Å². The third-order valence-corrected chi connectivity index (χ3v) is 3.06. The van der Waals surface area contributed by atoms with Crippen molar-refractivity contribution in [3.8, 4) is 5.75 Å². The van der Waals surface area contributed by atoms with Crippen molar-refractivity contribution < 1.29 is 10.2 Å². The monoisotopic (exact) mass is 223 g/mol. The van der Waals surface area contributed by atoms with Crippen molar-refractivity contribution >= 4 is 0 Å². The van der Waals surface area contributed by atoms with Crippen LogP contribution in [0.25, 0.3) is 0 Å². The number of aliphatic hydroxyl groups is 1. The number of nitrogens with two attached hydrogens (primary N) is 1. The largest absolute Gasteiger partial charge is 0.508 e. The summed E-state index contributed by atoms with van der Waals surface area (Å²) in [6.07, 6.45) is 2.69. The van der Waals surface area contributed by atoms with Crippen molar-refractivity contribution in [1.29, 1.82) is 0 Å². The second-order valence-electron chi connectivity index (χ2n) is 4.46. The minimum atomic E-state index is -0.217. The fourth-order valence-corrected chi connectivity index (χ4v) is 2.04. The predicted octanol–water partition coefficient (Wildman–Crippen LogP) is 1.67. The second kappa shape index (κ2) is 5.87. The van der Waals surface area contributed by atoms with E-state index in [1.165, 1.54) is 0 Å². The summed E-state index contributed by atoms with van der Waals surface area (Å²) in [6, 6.07) is 7.09. The summed E-state index contributed by atoms with van der Waals surface area (Å²) in [5, 5.41) is 18.7. The Morgan fingerprint density at radius 2 is 1.88 bits per heavy atom. The first-order valence-electron chi connectivity index (χ1n) is 5.74. The van der Waals surface area contributed by atoms with Gasteiger partial charge in [-0.05, 0) is 30.5 Å². The number of benzene rings is 1. The Morgan fingerprint density at radius 3 is 2.31 bits per heavy atom. The summed E-state index contributed by atoms with van der Waals surface area (Å²) in [4.78, 5) is 0. The summed E-state index contributed by atoms with van der Waals surface area (Å²) < 4.78 is 0. The normalized spacial score (nSPS) is 14.7. The molecule has 90 valence electrons. The third kappa shape index (κ3) is 3.22. The van der Waals surface area contributed by atoms with Crippen LogP contribution in [0.15, 0.2) is 24.3 Å². The lowest BCUT2D eigenvalue weighted by molar-refractivity contribution is 0.121. The van der Waals surface area contributed by atoms with E-state index >= 15 is 0 Å². The van der Waals surface area contributed by atoms with Gasteiger partial charge < -0.3 is 15.9 Å². The molecule has 0 saturated heterocycles. The Hall–Kier alpha value is -1.06. The first-order chi connectivity index (χ1) is 7.65. The lowest BCUT2D eigenvalue weighted by atomic mass is 9.78. The molecule has 0 heterocycles. The average molecular weight is 223 g/mol. The van der Waals surface area contributed by atoms with Crippen molar-refractivity contribution in [2.45, 2.75) is 26.2 Å². The zero-order chi connectivity index (χ0) is 12.0. The van der Waals surface area contributed by atoms with Gasteiger partial charge in [0.25, 0.3) is 0 Å². The van der Waals surface area contributed by atoms with Gasteiger partial charge in [0, 0.05) is 12.0 Å². The molecular weight excluding hydrogens is 202 g/mol. The molecule has 1 aromatic rings. The van der Waals surface area contributed by atoms with Gasteiger partial charge >= 0.3 is 0 Å². The van der Waals surface area contributed by atoms with E-state index in [-0.39, 0.29) is 17.8 Å². The Bertz CT molecular complexity index is 304. The molecule has 4 N–H and O–H groups in total. The SMILES string of the molecule is CCCC(CN)(CO)Cc1ccc(O)cc1. The van der Waals surface area contributed by atoms with Crippen molar-refractivity contribution in [1.82, 2.24) is 0 Å². The Balaban J connectivity index is 2.78. The maximum atomic E-state index is 9.49. The van der Waals surface area contributed by atoms with Crippen LogP contribution in [0, 0.1) is 5.41 Å². The van der Waals surface area contributed by atoms with Crippen LogP contribution in [0.2, 0.25) is 0 Å². The van der Waals surface area contributed by atoms with E-state index in [9.17, 15) is 10.2 Å². The van der Waals surface area contributed by atoms with Crippen LogP contribution in [-0.2, 0) is 6.42 Å². The fraction of sp³-hybridized carbons (Fsp3) is 0.538. The molecular formula is C13H21NO2. The van der Waals surface area contributed by atoms with Crippen LogP contribution in [-0.4, -0.2) is 23.4 Å². The van der Waals surface area contributed by atoms with E-state index in [0.717, 1.165) is 24.8 Å². The minimum absolute atomic E-state index is 0.109. The quantitative estimate of drug-likeness (QED) is 0.687. The van der Waals surface area contributed by atoms with Gasteiger partial charge in [-0.25, -0.2) is 0 Å². The highest BCUT2D eigenvalue weighted by Gasteiger charge is 2.27. The molecule has 16 heavy (non-hydrogen) atoms. The summed E-state index contributed by atoms with van der Waals surface area (Å²) in [6.45, 7) is 2.69. The number of hydrogen-bond donors (Lipinski definition) is 3. The molecule has 0 amide bonds. The molecule has 1 aromatic carbocycles.